The van der Waals surface area contributed by atoms with Crippen molar-refractivity contribution < 1.29 is 14.7 Å². The summed E-state index contributed by atoms with van der Waals surface area (Å²) in [6.07, 6.45) is 3.80. The van der Waals surface area contributed by atoms with Crippen LogP contribution in [0.5, 0.6) is 0 Å². The Kier molecular flexibility index (Phi) is 5.21. The van der Waals surface area contributed by atoms with Gasteiger partial charge in [0.2, 0.25) is 5.91 Å². The van der Waals surface area contributed by atoms with E-state index >= 15 is 0 Å². The Hall–Kier alpha value is -2.73. The van der Waals surface area contributed by atoms with Crippen molar-refractivity contribution in [1.29, 1.82) is 0 Å². The van der Waals surface area contributed by atoms with Gasteiger partial charge in [0.15, 0.2) is 0 Å². The molecule has 4 N–H and O–H groups in total. The Morgan fingerprint density at radius 1 is 1.18 bits per heavy atom. The molecule has 0 aliphatic heterocycles. The number of aliphatic carboxylic acids is 1. The molecule has 0 spiro atoms. The smallest absolute Gasteiger partial charge is 0.320 e. The second-order valence-electron chi connectivity index (χ2n) is 4.93. The minimum Gasteiger partial charge on any atom is -0.480 e. The number of amides is 1. The van der Waals surface area contributed by atoms with Gasteiger partial charge in [-0.3, -0.25) is 14.6 Å². The van der Waals surface area contributed by atoms with E-state index in [0.29, 0.717) is 5.69 Å². The number of nitrogens with one attached hydrogen (secondary N) is 1. The summed E-state index contributed by atoms with van der Waals surface area (Å²) in [5.74, 6) is -1.17. The number of carboxylic acids is 1. The summed E-state index contributed by atoms with van der Waals surface area (Å²) in [5, 5.41) is 11.5. The third-order valence-corrected chi connectivity index (χ3v) is 3.10. The van der Waals surface area contributed by atoms with Gasteiger partial charge in [-0.1, -0.05) is 18.2 Å². The lowest BCUT2D eigenvalue weighted by Crippen LogP contribution is -2.32. The second kappa shape index (κ2) is 7.33. The van der Waals surface area contributed by atoms with Crippen LogP contribution in [-0.2, 0) is 22.4 Å². The van der Waals surface area contributed by atoms with Crippen molar-refractivity contribution in [1.82, 2.24) is 4.98 Å². The zero-order valence-corrected chi connectivity index (χ0v) is 11.9. The molecule has 6 nitrogen and oxygen atoms in total. The van der Waals surface area contributed by atoms with Crippen molar-refractivity contribution in [2.75, 3.05) is 5.32 Å². The van der Waals surface area contributed by atoms with E-state index in [-0.39, 0.29) is 18.7 Å². The highest BCUT2D eigenvalue weighted by Gasteiger charge is 2.12. The number of carbonyl (C=O) groups is 2. The van der Waals surface area contributed by atoms with Crippen molar-refractivity contribution in [3.8, 4) is 0 Å². The zero-order chi connectivity index (χ0) is 15.9. The third-order valence-electron chi connectivity index (χ3n) is 3.10. The molecule has 0 unspecified atom stereocenters. The Morgan fingerprint density at radius 2 is 1.91 bits per heavy atom. The number of hydrogen-bond donors (Lipinski definition) is 3. The Morgan fingerprint density at radius 3 is 2.50 bits per heavy atom. The van der Waals surface area contributed by atoms with Crippen LogP contribution in [0.4, 0.5) is 5.69 Å². The molecular weight excluding hydrogens is 282 g/mol. The highest BCUT2D eigenvalue weighted by atomic mass is 16.4. The lowest BCUT2D eigenvalue weighted by atomic mass is 10.1. The minimum atomic E-state index is -1.03. The predicted octanol–water partition coefficient (Wildman–Crippen LogP) is 1.22. The van der Waals surface area contributed by atoms with Crippen LogP contribution in [0.25, 0.3) is 0 Å². The Balaban J connectivity index is 1.91. The summed E-state index contributed by atoms with van der Waals surface area (Å²) < 4.78 is 0. The van der Waals surface area contributed by atoms with Gasteiger partial charge < -0.3 is 16.2 Å². The standard InChI is InChI=1S/C16H17N3O3/c17-14(16(21)22)8-11-3-5-13(6-4-11)19-15(20)9-12-2-1-7-18-10-12/h1-7,10,14H,8-9,17H2,(H,19,20)(H,21,22)/t14-/m0/s1. The van der Waals surface area contributed by atoms with Gasteiger partial charge in [0.1, 0.15) is 6.04 Å². The van der Waals surface area contributed by atoms with Crippen molar-refractivity contribution in [3.63, 3.8) is 0 Å². The predicted molar refractivity (Wildman–Crippen MR) is 82.3 cm³/mol. The first-order valence-corrected chi connectivity index (χ1v) is 6.80. The molecule has 1 amide bonds. The van der Waals surface area contributed by atoms with Crippen LogP contribution in [-0.4, -0.2) is 28.0 Å². The number of pyridine rings is 1. The molecule has 2 aromatic rings. The number of anilines is 1. The average Bonchev–Trinajstić information content (AvgIpc) is 2.50. The molecule has 0 saturated carbocycles. The highest BCUT2D eigenvalue weighted by Crippen LogP contribution is 2.11. The third kappa shape index (κ3) is 4.68. The van der Waals surface area contributed by atoms with Crippen LogP contribution in [0.2, 0.25) is 0 Å². The number of nitrogens with two attached hydrogens (primary N) is 1. The van der Waals surface area contributed by atoms with Crippen LogP contribution >= 0.6 is 0 Å². The van der Waals surface area contributed by atoms with E-state index in [1.54, 1.807) is 42.7 Å². The van der Waals surface area contributed by atoms with Gasteiger partial charge in [-0.05, 0) is 35.7 Å². The molecule has 0 fully saturated rings. The van der Waals surface area contributed by atoms with Crippen molar-refractivity contribution in [3.05, 3.63) is 59.9 Å². The maximum atomic E-state index is 11.9. The molecule has 114 valence electrons. The lowest BCUT2D eigenvalue weighted by Gasteiger charge is -2.08. The molecule has 6 heteroatoms. The second-order valence-corrected chi connectivity index (χ2v) is 4.93. The number of carboxylic acid groups (broad SMARTS) is 1. The van der Waals surface area contributed by atoms with Crippen LogP contribution in [0.1, 0.15) is 11.1 Å². The molecule has 1 atom stereocenters. The largest absolute Gasteiger partial charge is 0.480 e. The van der Waals surface area contributed by atoms with E-state index in [1.165, 1.54) is 0 Å². The minimum absolute atomic E-state index is 0.136. The van der Waals surface area contributed by atoms with Gasteiger partial charge in [0, 0.05) is 18.1 Å². The van der Waals surface area contributed by atoms with Crippen LogP contribution in [0, 0.1) is 0 Å². The number of rotatable bonds is 6. The van der Waals surface area contributed by atoms with Gasteiger partial charge in [0.05, 0.1) is 6.42 Å². The van der Waals surface area contributed by atoms with Gasteiger partial charge >= 0.3 is 5.97 Å². The van der Waals surface area contributed by atoms with Gasteiger partial charge in [0.25, 0.3) is 0 Å². The molecule has 0 radical (unpaired) electrons. The fourth-order valence-electron chi connectivity index (χ4n) is 1.96. The summed E-state index contributed by atoms with van der Waals surface area (Å²) in [4.78, 5) is 26.6. The Labute approximate surface area is 128 Å². The summed E-state index contributed by atoms with van der Waals surface area (Å²) in [6, 6.07) is 9.65. The molecular formula is C16H17N3O3. The first kappa shape index (κ1) is 15.7. The molecule has 1 heterocycles. The lowest BCUT2D eigenvalue weighted by molar-refractivity contribution is -0.138. The van der Waals surface area contributed by atoms with E-state index in [9.17, 15) is 9.59 Å². The maximum absolute atomic E-state index is 11.9. The fourth-order valence-corrected chi connectivity index (χ4v) is 1.96. The molecule has 0 bridgehead atoms. The van der Waals surface area contributed by atoms with Crippen LogP contribution in [0.3, 0.4) is 0 Å². The average molecular weight is 299 g/mol. The molecule has 0 saturated heterocycles. The molecule has 22 heavy (non-hydrogen) atoms. The summed E-state index contributed by atoms with van der Waals surface area (Å²) in [7, 11) is 0. The zero-order valence-electron chi connectivity index (χ0n) is 11.9. The summed E-state index contributed by atoms with van der Waals surface area (Å²) in [5.41, 5.74) is 7.78. The molecule has 1 aromatic heterocycles. The van der Waals surface area contributed by atoms with Crippen molar-refractivity contribution >= 4 is 17.6 Å². The van der Waals surface area contributed by atoms with E-state index in [0.717, 1.165) is 11.1 Å². The first-order chi connectivity index (χ1) is 10.5. The molecule has 0 aliphatic carbocycles. The number of aromatic nitrogens is 1. The quantitative estimate of drug-likeness (QED) is 0.743. The van der Waals surface area contributed by atoms with Crippen LogP contribution in [0.15, 0.2) is 48.8 Å². The first-order valence-electron chi connectivity index (χ1n) is 6.80. The number of benzene rings is 1. The number of carbonyl (C=O) groups excluding carboxylic acids is 1. The Bertz CT molecular complexity index is 641. The summed E-state index contributed by atoms with van der Waals surface area (Å²) >= 11 is 0. The van der Waals surface area contributed by atoms with E-state index in [2.05, 4.69) is 10.3 Å². The number of nitrogens with zero attached hydrogens (tertiary/aromatic N) is 1. The fraction of sp³-hybridized carbons (Fsp3) is 0.188. The molecule has 1 aromatic carbocycles. The maximum Gasteiger partial charge on any atom is 0.320 e. The van der Waals surface area contributed by atoms with E-state index in [1.807, 2.05) is 6.07 Å². The molecule has 0 aliphatic rings. The van der Waals surface area contributed by atoms with E-state index < -0.39 is 12.0 Å². The monoisotopic (exact) mass is 299 g/mol. The normalized spacial score (nSPS) is 11.7. The van der Waals surface area contributed by atoms with E-state index in [4.69, 9.17) is 10.8 Å². The SMILES string of the molecule is N[C@@H](Cc1ccc(NC(=O)Cc2cccnc2)cc1)C(=O)O. The van der Waals surface area contributed by atoms with Crippen molar-refractivity contribution in [2.24, 2.45) is 5.73 Å². The number of hydrogen-bond acceptors (Lipinski definition) is 4. The van der Waals surface area contributed by atoms with Crippen molar-refractivity contribution in [2.45, 2.75) is 18.9 Å². The molecule has 2 rings (SSSR count). The van der Waals surface area contributed by atoms with Gasteiger partial charge in [-0.15, -0.1) is 0 Å². The van der Waals surface area contributed by atoms with Gasteiger partial charge in [-0.25, -0.2) is 0 Å². The summed E-state index contributed by atoms with van der Waals surface area (Å²) in [6.45, 7) is 0. The van der Waals surface area contributed by atoms with Gasteiger partial charge in [-0.2, -0.15) is 0 Å². The topological polar surface area (TPSA) is 105 Å². The highest BCUT2D eigenvalue weighted by molar-refractivity contribution is 5.92. The van der Waals surface area contributed by atoms with Crippen LogP contribution < -0.4 is 11.1 Å².